The van der Waals surface area contributed by atoms with E-state index in [1.165, 1.54) is 17.3 Å². The predicted molar refractivity (Wildman–Crippen MR) is 113 cm³/mol. The van der Waals surface area contributed by atoms with E-state index < -0.39 is 5.25 Å². The van der Waals surface area contributed by atoms with Crippen LogP contribution in [-0.4, -0.2) is 31.4 Å². The third-order valence-corrected chi connectivity index (χ3v) is 5.62. The first-order valence-electron chi connectivity index (χ1n) is 8.97. The fraction of sp³-hybridized carbons (Fsp3) is 0.300. The molecule has 1 aromatic heterocycles. The third-order valence-electron chi connectivity index (χ3n) is 4.35. The van der Waals surface area contributed by atoms with Crippen molar-refractivity contribution in [2.45, 2.75) is 44.0 Å². The molecule has 1 heterocycles. The number of benzene rings is 2. The summed E-state index contributed by atoms with van der Waals surface area (Å²) >= 11 is 7.33. The third kappa shape index (κ3) is 4.72. The lowest BCUT2D eigenvalue weighted by Crippen LogP contribution is -2.23. The Kier molecular flexibility index (Phi) is 6.36. The monoisotopic (exact) mass is 415 g/mol. The molecule has 1 amide bonds. The maximum atomic E-state index is 12.6. The fourth-order valence-corrected chi connectivity index (χ4v) is 3.57. The number of halogens is 1. The average Bonchev–Trinajstić information content (AvgIpc) is 3.12. The van der Waals surface area contributed by atoms with Gasteiger partial charge in [-0.25, -0.2) is 0 Å². The van der Waals surface area contributed by atoms with Crippen LogP contribution in [0.5, 0.6) is 0 Å². The van der Waals surface area contributed by atoms with E-state index in [4.69, 9.17) is 11.6 Å². The molecule has 0 aliphatic heterocycles. The largest absolute Gasteiger partial charge is 0.325 e. The van der Waals surface area contributed by atoms with E-state index in [0.29, 0.717) is 21.8 Å². The first-order chi connectivity index (χ1) is 13.3. The van der Waals surface area contributed by atoms with Crippen LogP contribution >= 0.6 is 23.4 Å². The molecule has 0 saturated carbocycles. The molecule has 8 heteroatoms. The average molecular weight is 416 g/mol. The number of carbonyl (C=O) groups is 1. The Morgan fingerprint density at radius 3 is 2.54 bits per heavy atom. The standard InChI is InChI=1S/C20H22ClN5OS/c1-12(2)15-6-9-17(10-7-15)26-20(23-24-25-26)28-14(4)19(27)22-18-11-16(21)8-5-13(18)3/h5-12,14H,1-4H3,(H,22,27). The van der Waals surface area contributed by atoms with Gasteiger partial charge in [-0.3, -0.25) is 4.79 Å². The number of carbonyl (C=O) groups excluding carboxylic acids is 1. The van der Waals surface area contributed by atoms with E-state index >= 15 is 0 Å². The quantitative estimate of drug-likeness (QED) is 0.581. The molecule has 0 fully saturated rings. The minimum atomic E-state index is -0.391. The summed E-state index contributed by atoms with van der Waals surface area (Å²) in [5.74, 6) is 0.315. The summed E-state index contributed by atoms with van der Waals surface area (Å²) in [6.07, 6.45) is 0. The summed E-state index contributed by atoms with van der Waals surface area (Å²) < 4.78 is 1.64. The van der Waals surface area contributed by atoms with Crippen molar-refractivity contribution in [2.24, 2.45) is 0 Å². The van der Waals surface area contributed by atoms with Crippen molar-refractivity contribution in [3.05, 3.63) is 58.6 Å². The van der Waals surface area contributed by atoms with Crippen molar-refractivity contribution < 1.29 is 4.79 Å². The van der Waals surface area contributed by atoms with Crippen LogP contribution in [0.25, 0.3) is 5.69 Å². The van der Waals surface area contributed by atoms with Gasteiger partial charge in [0.15, 0.2) is 0 Å². The first-order valence-corrected chi connectivity index (χ1v) is 10.2. The minimum absolute atomic E-state index is 0.139. The van der Waals surface area contributed by atoms with Gasteiger partial charge in [-0.2, -0.15) is 4.68 Å². The molecule has 0 saturated heterocycles. The molecule has 146 valence electrons. The Morgan fingerprint density at radius 2 is 1.86 bits per heavy atom. The molecule has 0 bridgehead atoms. The highest BCUT2D eigenvalue weighted by molar-refractivity contribution is 8.00. The van der Waals surface area contributed by atoms with Crippen LogP contribution in [0.2, 0.25) is 5.02 Å². The Hall–Kier alpha value is -2.38. The number of hydrogen-bond donors (Lipinski definition) is 1. The van der Waals surface area contributed by atoms with Gasteiger partial charge in [0.25, 0.3) is 0 Å². The van der Waals surface area contributed by atoms with E-state index in [-0.39, 0.29) is 5.91 Å². The lowest BCUT2D eigenvalue weighted by Gasteiger charge is -2.13. The molecule has 1 atom stereocenters. The lowest BCUT2D eigenvalue weighted by atomic mass is 10.0. The van der Waals surface area contributed by atoms with Gasteiger partial charge in [-0.05, 0) is 65.6 Å². The Balaban J connectivity index is 1.72. The summed E-state index contributed by atoms with van der Waals surface area (Å²) in [5.41, 5.74) is 3.75. The van der Waals surface area contributed by atoms with E-state index in [1.54, 1.807) is 16.8 Å². The number of rotatable bonds is 6. The summed E-state index contributed by atoms with van der Waals surface area (Å²) in [7, 11) is 0. The van der Waals surface area contributed by atoms with E-state index in [0.717, 1.165) is 11.3 Å². The summed E-state index contributed by atoms with van der Waals surface area (Å²) in [6, 6.07) is 13.5. The molecule has 2 aromatic carbocycles. The number of nitrogens with zero attached hydrogens (tertiary/aromatic N) is 4. The summed E-state index contributed by atoms with van der Waals surface area (Å²) in [6.45, 7) is 8.04. The molecule has 0 spiro atoms. The number of thioether (sulfide) groups is 1. The zero-order valence-electron chi connectivity index (χ0n) is 16.2. The second kappa shape index (κ2) is 8.75. The van der Waals surface area contributed by atoms with E-state index in [1.807, 2.05) is 32.0 Å². The van der Waals surface area contributed by atoms with Gasteiger partial charge in [0.2, 0.25) is 11.1 Å². The highest BCUT2D eigenvalue weighted by Crippen LogP contribution is 2.26. The van der Waals surface area contributed by atoms with Crippen molar-refractivity contribution in [1.82, 2.24) is 20.2 Å². The van der Waals surface area contributed by atoms with Gasteiger partial charge >= 0.3 is 0 Å². The van der Waals surface area contributed by atoms with Gasteiger partial charge in [0.1, 0.15) is 0 Å². The van der Waals surface area contributed by atoms with Crippen LogP contribution in [0.15, 0.2) is 47.6 Å². The predicted octanol–water partition coefficient (Wildman–Crippen LogP) is 4.87. The van der Waals surface area contributed by atoms with Gasteiger partial charge in [-0.15, -0.1) is 5.10 Å². The van der Waals surface area contributed by atoms with Crippen molar-refractivity contribution in [2.75, 3.05) is 5.32 Å². The van der Waals surface area contributed by atoms with Crippen LogP contribution in [0, 0.1) is 6.92 Å². The maximum Gasteiger partial charge on any atom is 0.237 e. The Morgan fingerprint density at radius 1 is 1.14 bits per heavy atom. The number of hydrogen-bond acceptors (Lipinski definition) is 5. The summed E-state index contributed by atoms with van der Waals surface area (Å²) in [4.78, 5) is 12.6. The van der Waals surface area contributed by atoms with Gasteiger partial charge in [0, 0.05) is 10.7 Å². The molecule has 1 unspecified atom stereocenters. The van der Waals surface area contributed by atoms with Crippen molar-refractivity contribution in [1.29, 1.82) is 0 Å². The van der Waals surface area contributed by atoms with E-state index in [9.17, 15) is 4.79 Å². The van der Waals surface area contributed by atoms with Crippen LogP contribution in [-0.2, 0) is 4.79 Å². The number of tetrazole rings is 1. The smallest absolute Gasteiger partial charge is 0.237 e. The topological polar surface area (TPSA) is 72.7 Å². The first kappa shape index (κ1) is 20.4. The van der Waals surface area contributed by atoms with Crippen molar-refractivity contribution in [3.63, 3.8) is 0 Å². The number of aromatic nitrogens is 4. The SMILES string of the molecule is Cc1ccc(Cl)cc1NC(=O)C(C)Sc1nnnn1-c1ccc(C(C)C)cc1. The van der Waals surface area contributed by atoms with Crippen LogP contribution in [0.3, 0.4) is 0 Å². The molecule has 0 radical (unpaired) electrons. The molecule has 28 heavy (non-hydrogen) atoms. The van der Waals surface area contributed by atoms with Gasteiger partial charge in [-0.1, -0.05) is 55.4 Å². The lowest BCUT2D eigenvalue weighted by molar-refractivity contribution is -0.115. The van der Waals surface area contributed by atoms with Crippen molar-refractivity contribution >= 4 is 35.0 Å². The fourth-order valence-electron chi connectivity index (χ4n) is 2.59. The zero-order valence-corrected chi connectivity index (χ0v) is 17.8. The number of amides is 1. The summed E-state index contributed by atoms with van der Waals surface area (Å²) in [5, 5.41) is 15.6. The molecule has 1 N–H and O–H groups in total. The molecule has 3 rings (SSSR count). The number of nitrogens with one attached hydrogen (secondary N) is 1. The molecule has 0 aliphatic carbocycles. The molecule has 0 aliphatic rings. The van der Waals surface area contributed by atoms with Gasteiger partial charge < -0.3 is 5.32 Å². The number of aryl methyl sites for hydroxylation is 1. The Bertz CT molecular complexity index is 971. The number of anilines is 1. The maximum absolute atomic E-state index is 12.6. The van der Waals surface area contributed by atoms with Crippen LogP contribution in [0.4, 0.5) is 5.69 Å². The molecular formula is C20H22ClN5OS. The molecular weight excluding hydrogens is 394 g/mol. The second-order valence-corrected chi connectivity index (χ2v) is 8.57. The zero-order chi connectivity index (χ0) is 20.3. The minimum Gasteiger partial charge on any atom is -0.325 e. The Labute approximate surface area is 173 Å². The van der Waals surface area contributed by atoms with Crippen molar-refractivity contribution in [3.8, 4) is 5.69 Å². The van der Waals surface area contributed by atoms with E-state index in [2.05, 4.69) is 46.8 Å². The normalized spacial score (nSPS) is 12.2. The van der Waals surface area contributed by atoms with Gasteiger partial charge in [0.05, 0.1) is 10.9 Å². The van der Waals surface area contributed by atoms with Crippen LogP contribution < -0.4 is 5.32 Å². The molecule has 3 aromatic rings. The highest BCUT2D eigenvalue weighted by atomic mass is 35.5. The highest BCUT2D eigenvalue weighted by Gasteiger charge is 2.20. The molecule has 6 nitrogen and oxygen atoms in total. The van der Waals surface area contributed by atoms with Crippen LogP contribution in [0.1, 0.15) is 37.8 Å². The second-order valence-electron chi connectivity index (χ2n) is 6.83.